The Morgan fingerprint density at radius 1 is 1.04 bits per heavy atom. The SMILES string of the molecule is C=CCNC(=O)Nc1ccc(NC(=O)C2CNNC2c2ccccc2)cc1. The van der Waals surface area contributed by atoms with Crippen molar-refractivity contribution < 1.29 is 9.59 Å². The molecule has 0 saturated carbocycles. The summed E-state index contributed by atoms with van der Waals surface area (Å²) >= 11 is 0. The average molecular weight is 365 g/mol. The Hall–Kier alpha value is -3.16. The van der Waals surface area contributed by atoms with Gasteiger partial charge in [-0.1, -0.05) is 36.4 Å². The third kappa shape index (κ3) is 4.93. The maximum absolute atomic E-state index is 12.7. The Morgan fingerprint density at radius 2 is 1.70 bits per heavy atom. The van der Waals surface area contributed by atoms with Crippen molar-refractivity contribution in [1.82, 2.24) is 16.2 Å². The molecule has 1 fully saturated rings. The van der Waals surface area contributed by atoms with E-state index in [0.717, 1.165) is 5.56 Å². The first-order valence-electron chi connectivity index (χ1n) is 8.77. The van der Waals surface area contributed by atoms with Crippen molar-refractivity contribution in [2.24, 2.45) is 5.92 Å². The van der Waals surface area contributed by atoms with Crippen LogP contribution in [0.1, 0.15) is 11.6 Å². The van der Waals surface area contributed by atoms with Crippen LogP contribution in [0.4, 0.5) is 16.2 Å². The highest BCUT2D eigenvalue weighted by Crippen LogP contribution is 2.26. The number of hydrogen-bond acceptors (Lipinski definition) is 4. The van der Waals surface area contributed by atoms with Crippen molar-refractivity contribution in [2.75, 3.05) is 23.7 Å². The molecule has 3 rings (SSSR count). The molecule has 1 aliphatic heterocycles. The maximum Gasteiger partial charge on any atom is 0.319 e. The molecule has 0 spiro atoms. The number of carbonyl (C=O) groups excluding carboxylic acids is 2. The zero-order valence-electron chi connectivity index (χ0n) is 14.9. The maximum atomic E-state index is 12.7. The number of hydrazine groups is 1. The third-order valence-electron chi connectivity index (χ3n) is 4.29. The molecule has 0 bridgehead atoms. The topological polar surface area (TPSA) is 94.3 Å². The Balaban J connectivity index is 1.59. The van der Waals surface area contributed by atoms with E-state index in [1.54, 1.807) is 30.3 Å². The van der Waals surface area contributed by atoms with Gasteiger partial charge < -0.3 is 16.0 Å². The summed E-state index contributed by atoms with van der Waals surface area (Å²) in [5, 5.41) is 8.28. The average Bonchev–Trinajstić information content (AvgIpc) is 3.18. The first-order chi connectivity index (χ1) is 13.2. The highest BCUT2D eigenvalue weighted by molar-refractivity contribution is 5.94. The fraction of sp³-hybridized carbons (Fsp3) is 0.200. The van der Waals surface area contributed by atoms with Crippen LogP contribution in [-0.4, -0.2) is 25.0 Å². The van der Waals surface area contributed by atoms with Crippen LogP contribution in [0.3, 0.4) is 0 Å². The van der Waals surface area contributed by atoms with Gasteiger partial charge in [0.05, 0.1) is 12.0 Å². The highest BCUT2D eigenvalue weighted by atomic mass is 16.2. The molecule has 3 amide bonds. The summed E-state index contributed by atoms with van der Waals surface area (Å²) in [6, 6.07) is 16.5. The second kappa shape index (κ2) is 8.98. The first kappa shape index (κ1) is 18.6. The molecule has 2 unspecified atom stereocenters. The minimum atomic E-state index is -0.305. The molecule has 0 aliphatic carbocycles. The largest absolute Gasteiger partial charge is 0.334 e. The van der Waals surface area contributed by atoms with Gasteiger partial charge in [-0.2, -0.15) is 0 Å². The molecule has 0 radical (unpaired) electrons. The van der Waals surface area contributed by atoms with E-state index in [1.807, 2.05) is 30.3 Å². The number of rotatable bonds is 6. The number of benzene rings is 2. The molecule has 1 aliphatic rings. The molecule has 7 heteroatoms. The van der Waals surface area contributed by atoms with E-state index in [0.29, 0.717) is 24.5 Å². The number of carbonyl (C=O) groups is 2. The molecule has 5 N–H and O–H groups in total. The fourth-order valence-electron chi connectivity index (χ4n) is 2.93. The van der Waals surface area contributed by atoms with Gasteiger partial charge >= 0.3 is 6.03 Å². The number of urea groups is 1. The van der Waals surface area contributed by atoms with Gasteiger partial charge in [0.25, 0.3) is 0 Å². The van der Waals surface area contributed by atoms with Gasteiger partial charge in [-0.25, -0.2) is 10.2 Å². The van der Waals surface area contributed by atoms with Gasteiger partial charge in [-0.3, -0.25) is 10.2 Å². The van der Waals surface area contributed by atoms with Crippen LogP contribution in [0.15, 0.2) is 67.3 Å². The van der Waals surface area contributed by atoms with E-state index in [1.165, 1.54) is 0 Å². The standard InChI is InChI=1S/C20H23N5O2/c1-2-12-21-20(27)24-16-10-8-15(9-11-16)23-19(26)17-13-22-25-18(17)14-6-4-3-5-7-14/h2-11,17-18,22,25H,1,12-13H2,(H,23,26)(H2,21,24,27). The second-order valence-corrected chi connectivity index (χ2v) is 6.21. The van der Waals surface area contributed by atoms with Gasteiger partial charge in [0, 0.05) is 24.5 Å². The van der Waals surface area contributed by atoms with E-state index in [-0.39, 0.29) is 23.9 Å². The third-order valence-corrected chi connectivity index (χ3v) is 4.29. The van der Waals surface area contributed by atoms with Gasteiger partial charge in [-0.15, -0.1) is 6.58 Å². The van der Waals surface area contributed by atoms with Crippen LogP contribution in [0, 0.1) is 5.92 Å². The molecule has 7 nitrogen and oxygen atoms in total. The number of hydrogen-bond donors (Lipinski definition) is 5. The summed E-state index contributed by atoms with van der Waals surface area (Å²) in [7, 11) is 0. The molecule has 2 atom stereocenters. The second-order valence-electron chi connectivity index (χ2n) is 6.21. The van der Waals surface area contributed by atoms with E-state index in [9.17, 15) is 9.59 Å². The first-order valence-corrected chi connectivity index (χ1v) is 8.77. The lowest BCUT2D eigenvalue weighted by molar-refractivity contribution is -0.119. The summed E-state index contributed by atoms with van der Waals surface area (Å²) < 4.78 is 0. The van der Waals surface area contributed by atoms with Crippen molar-refractivity contribution in [2.45, 2.75) is 6.04 Å². The molecule has 2 aromatic rings. The summed E-state index contributed by atoms with van der Waals surface area (Å²) in [5.41, 5.74) is 8.61. The highest BCUT2D eigenvalue weighted by Gasteiger charge is 2.33. The predicted molar refractivity (Wildman–Crippen MR) is 106 cm³/mol. The van der Waals surface area contributed by atoms with Crippen LogP contribution in [0.5, 0.6) is 0 Å². The Morgan fingerprint density at radius 3 is 2.37 bits per heavy atom. The minimum Gasteiger partial charge on any atom is -0.334 e. The van der Waals surface area contributed by atoms with Crippen LogP contribution in [-0.2, 0) is 4.79 Å². The van der Waals surface area contributed by atoms with Crippen molar-refractivity contribution in [1.29, 1.82) is 0 Å². The molecule has 1 saturated heterocycles. The minimum absolute atomic E-state index is 0.0641. The summed E-state index contributed by atoms with van der Waals surface area (Å²) in [5.74, 6) is -0.291. The normalized spacial score (nSPS) is 18.5. The molecule has 0 aromatic heterocycles. The lowest BCUT2D eigenvalue weighted by atomic mass is 9.94. The van der Waals surface area contributed by atoms with Crippen LogP contribution in [0.2, 0.25) is 0 Å². The summed E-state index contributed by atoms with van der Waals surface area (Å²) in [6.07, 6.45) is 1.60. The van der Waals surface area contributed by atoms with E-state index < -0.39 is 0 Å². The number of amides is 3. The molecule has 1 heterocycles. The summed E-state index contributed by atoms with van der Waals surface area (Å²) in [6.45, 7) is 4.49. The number of anilines is 2. The Labute approximate surface area is 158 Å². The molecular weight excluding hydrogens is 342 g/mol. The molecular formula is C20H23N5O2. The van der Waals surface area contributed by atoms with E-state index in [2.05, 4.69) is 33.4 Å². The summed E-state index contributed by atoms with van der Waals surface area (Å²) in [4.78, 5) is 24.3. The predicted octanol–water partition coefficient (Wildman–Crippen LogP) is 2.40. The van der Waals surface area contributed by atoms with Gasteiger partial charge in [-0.05, 0) is 29.8 Å². The molecule has 2 aromatic carbocycles. The zero-order valence-corrected chi connectivity index (χ0v) is 14.9. The van der Waals surface area contributed by atoms with Crippen LogP contribution < -0.4 is 26.8 Å². The van der Waals surface area contributed by atoms with E-state index in [4.69, 9.17) is 0 Å². The molecule has 140 valence electrons. The smallest absolute Gasteiger partial charge is 0.319 e. The van der Waals surface area contributed by atoms with Crippen molar-refractivity contribution in [3.63, 3.8) is 0 Å². The van der Waals surface area contributed by atoms with Gasteiger partial charge in [0.1, 0.15) is 0 Å². The van der Waals surface area contributed by atoms with Gasteiger partial charge in [0.2, 0.25) is 5.91 Å². The lowest BCUT2D eigenvalue weighted by Crippen LogP contribution is -2.29. The van der Waals surface area contributed by atoms with Crippen molar-refractivity contribution in [3.05, 3.63) is 72.8 Å². The number of nitrogens with one attached hydrogen (secondary N) is 5. The van der Waals surface area contributed by atoms with Crippen LogP contribution in [0.25, 0.3) is 0 Å². The van der Waals surface area contributed by atoms with Crippen molar-refractivity contribution in [3.8, 4) is 0 Å². The van der Waals surface area contributed by atoms with E-state index >= 15 is 0 Å². The van der Waals surface area contributed by atoms with Crippen molar-refractivity contribution >= 4 is 23.3 Å². The van der Waals surface area contributed by atoms with Crippen LogP contribution >= 0.6 is 0 Å². The van der Waals surface area contributed by atoms with Gasteiger partial charge in [0.15, 0.2) is 0 Å². The Kier molecular flexibility index (Phi) is 6.19. The molecule has 27 heavy (non-hydrogen) atoms. The quantitative estimate of drug-likeness (QED) is 0.508. The Bertz CT molecular complexity index is 792. The zero-order chi connectivity index (χ0) is 19.1. The lowest BCUT2D eigenvalue weighted by Gasteiger charge is -2.18. The monoisotopic (exact) mass is 365 g/mol. The fourth-order valence-corrected chi connectivity index (χ4v) is 2.93.